The van der Waals surface area contributed by atoms with Gasteiger partial charge in [0, 0.05) is 40.6 Å². The molecule has 10 heteroatoms. The Balaban J connectivity index is 1.55. The maximum Gasteiger partial charge on any atom is 0.443 e. The number of benzene rings is 1. The van der Waals surface area contributed by atoms with Crippen LogP contribution in [0.1, 0.15) is 54.3 Å². The Morgan fingerprint density at radius 1 is 1.21 bits per heavy atom. The van der Waals surface area contributed by atoms with Gasteiger partial charge in [0.15, 0.2) is 5.01 Å². The molecule has 0 bridgehead atoms. The zero-order valence-corrected chi connectivity index (χ0v) is 19.8. The molecule has 0 aliphatic carbocycles. The van der Waals surface area contributed by atoms with E-state index >= 15 is 0 Å². The first kappa shape index (κ1) is 24.3. The number of carboxylic acids is 1. The summed E-state index contributed by atoms with van der Waals surface area (Å²) in [6.07, 6.45) is -1.40. The van der Waals surface area contributed by atoms with Crippen molar-refractivity contribution in [2.24, 2.45) is 5.41 Å². The Labute approximate surface area is 199 Å². The van der Waals surface area contributed by atoms with E-state index in [1.165, 1.54) is 6.20 Å². The number of hydrogen-bond acceptors (Lipinski definition) is 4. The minimum absolute atomic E-state index is 0.0409. The van der Waals surface area contributed by atoms with E-state index in [1.807, 2.05) is 28.8 Å². The molecule has 0 saturated carbocycles. The molecule has 0 unspecified atom stereocenters. The lowest BCUT2D eigenvalue weighted by molar-refractivity contribution is -0.147. The normalized spacial score (nSPS) is 14.4. The number of nitrogens with zero attached hydrogens (tertiary/aromatic N) is 3. The van der Waals surface area contributed by atoms with E-state index in [9.17, 15) is 27.9 Å². The summed E-state index contributed by atoms with van der Waals surface area (Å²) >= 11 is 0.635. The van der Waals surface area contributed by atoms with Crippen LogP contribution in [0.4, 0.5) is 13.2 Å². The van der Waals surface area contributed by atoms with E-state index in [-0.39, 0.29) is 18.9 Å². The number of rotatable bonds is 7. The highest BCUT2D eigenvalue weighted by molar-refractivity contribution is 7.11. The molecular weight excluding hydrogens is 467 g/mol. The topological polar surface area (TPSA) is 75.4 Å². The molecule has 3 aromatic rings. The second kappa shape index (κ2) is 9.05. The Morgan fingerprint density at radius 2 is 1.94 bits per heavy atom. The predicted molar refractivity (Wildman–Crippen MR) is 123 cm³/mol. The fourth-order valence-corrected chi connectivity index (χ4v) is 5.17. The zero-order valence-electron chi connectivity index (χ0n) is 19.0. The minimum Gasteiger partial charge on any atom is -0.481 e. The number of para-hydroxylation sites is 1. The van der Waals surface area contributed by atoms with Gasteiger partial charge in [0.2, 0.25) is 5.91 Å². The second-order valence-corrected chi connectivity index (χ2v) is 10.4. The molecule has 0 saturated heterocycles. The molecule has 182 valence electrons. The molecule has 1 N–H and O–H groups in total. The van der Waals surface area contributed by atoms with E-state index in [1.54, 1.807) is 18.7 Å². The summed E-state index contributed by atoms with van der Waals surface area (Å²) in [5, 5.41) is 9.45. The molecule has 1 aliphatic heterocycles. The molecule has 0 atom stereocenters. The largest absolute Gasteiger partial charge is 0.481 e. The number of aromatic nitrogens is 2. The van der Waals surface area contributed by atoms with Crippen LogP contribution in [0.25, 0.3) is 10.9 Å². The predicted octanol–water partition coefficient (Wildman–Crippen LogP) is 5.33. The van der Waals surface area contributed by atoms with Gasteiger partial charge in [0.05, 0.1) is 18.5 Å². The Kier molecular flexibility index (Phi) is 6.46. The Morgan fingerprint density at radius 3 is 2.62 bits per heavy atom. The van der Waals surface area contributed by atoms with Crippen molar-refractivity contribution < 1.29 is 27.9 Å². The molecule has 1 aromatic carbocycles. The van der Waals surface area contributed by atoms with E-state index in [4.69, 9.17) is 0 Å². The number of aliphatic carboxylic acids is 1. The van der Waals surface area contributed by atoms with Gasteiger partial charge in [-0.1, -0.05) is 18.2 Å². The summed E-state index contributed by atoms with van der Waals surface area (Å²) in [7, 11) is 0. The first-order valence-corrected chi connectivity index (χ1v) is 11.9. The zero-order chi connectivity index (χ0) is 24.7. The number of hydrogen-bond donors (Lipinski definition) is 1. The van der Waals surface area contributed by atoms with E-state index in [0.29, 0.717) is 48.6 Å². The van der Waals surface area contributed by atoms with Gasteiger partial charge >= 0.3 is 12.1 Å². The highest BCUT2D eigenvalue weighted by Gasteiger charge is 2.35. The van der Waals surface area contributed by atoms with Crippen LogP contribution in [0.5, 0.6) is 0 Å². The maximum atomic E-state index is 13.0. The van der Waals surface area contributed by atoms with Crippen LogP contribution in [-0.2, 0) is 35.3 Å². The fourth-order valence-electron chi connectivity index (χ4n) is 4.40. The lowest BCUT2D eigenvalue weighted by atomic mass is 9.87. The molecule has 0 fully saturated rings. The molecule has 3 heterocycles. The van der Waals surface area contributed by atoms with Crippen LogP contribution in [0.15, 0.2) is 30.5 Å². The molecule has 0 radical (unpaired) electrons. The van der Waals surface area contributed by atoms with Gasteiger partial charge in [0.25, 0.3) is 0 Å². The van der Waals surface area contributed by atoms with Gasteiger partial charge in [-0.2, -0.15) is 13.2 Å². The monoisotopic (exact) mass is 493 g/mol. The highest BCUT2D eigenvalue weighted by Crippen LogP contribution is 2.35. The third-order valence-corrected chi connectivity index (χ3v) is 7.43. The van der Waals surface area contributed by atoms with Gasteiger partial charge in [-0.25, -0.2) is 4.98 Å². The number of fused-ring (bicyclic) bond motifs is 3. The number of carboxylic acid groups (broad SMARTS) is 1. The van der Waals surface area contributed by atoms with Gasteiger partial charge < -0.3 is 14.6 Å². The molecular formula is C24H26F3N3O3S. The third-order valence-electron chi connectivity index (χ3n) is 6.40. The van der Waals surface area contributed by atoms with Crippen molar-refractivity contribution >= 4 is 34.1 Å². The van der Waals surface area contributed by atoms with Crippen molar-refractivity contribution in [1.29, 1.82) is 0 Å². The Hall–Kier alpha value is -2.88. The SMILES string of the molecule is CC(C)(CCCC(=O)N1CCc2c(n(Cc3cnc(C(F)(F)F)s3)c3ccccc23)C1)C(=O)O. The number of thiazole rings is 1. The van der Waals surface area contributed by atoms with Crippen molar-refractivity contribution in [3.8, 4) is 0 Å². The van der Waals surface area contributed by atoms with Gasteiger partial charge in [-0.05, 0) is 44.7 Å². The average molecular weight is 494 g/mol. The minimum atomic E-state index is -4.47. The third kappa shape index (κ3) is 4.82. The van der Waals surface area contributed by atoms with E-state index < -0.39 is 22.6 Å². The number of halogens is 3. The van der Waals surface area contributed by atoms with Crippen LogP contribution >= 0.6 is 11.3 Å². The number of carbonyl (C=O) groups excluding carboxylic acids is 1. The molecule has 0 spiro atoms. The number of alkyl halides is 3. The molecule has 34 heavy (non-hydrogen) atoms. The molecule has 4 rings (SSSR count). The smallest absolute Gasteiger partial charge is 0.443 e. The number of carbonyl (C=O) groups is 2. The number of amides is 1. The maximum absolute atomic E-state index is 13.0. The summed E-state index contributed by atoms with van der Waals surface area (Å²) in [6, 6.07) is 7.78. The van der Waals surface area contributed by atoms with E-state index in [2.05, 4.69) is 4.98 Å². The fraction of sp³-hybridized carbons (Fsp3) is 0.458. The van der Waals surface area contributed by atoms with Crippen LogP contribution in [-0.4, -0.2) is 38.0 Å². The summed E-state index contributed by atoms with van der Waals surface area (Å²) in [4.78, 5) is 30.0. The summed E-state index contributed by atoms with van der Waals surface area (Å²) in [6.45, 7) is 4.47. The average Bonchev–Trinajstić information content (AvgIpc) is 3.37. The van der Waals surface area contributed by atoms with Crippen molar-refractivity contribution in [2.75, 3.05) is 6.54 Å². The molecule has 1 amide bonds. The lowest BCUT2D eigenvalue weighted by Gasteiger charge is -2.29. The van der Waals surface area contributed by atoms with Gasteiger partial charge in [-0.15, -0.1) is 11.3 Å². The summed E-state index contributed by atoms with van der Waals surface area (Å²) in [5.74, 6) is -0.926. The van der Waals surface area contributed by atoms with Crippen LogP contribution in [0.2, 0.25) is 0 Å². The first-order chi connectivity index (χ1) is 16.0. The standard InChI is InChI=1S/C24H26F3N3O3S/c1-23(2,22(32)33)10-5-8-20(31)29-11-9-17-16-6-3-4-7-18(16)30(19(17)14-29)13-15-12-28-21(34-15)24(25,26)27/h3-4,6-7,12H,5,8-11,13-14H2,1-2H3,(H,32,33). The van der Waals surface area contributed by atoms with Crippen molar-refractivity contribution in [1.82, 2.24) is 14.5 Å². The lowest BCUT2D eigenvalue weighted by Crippen LogP contribution is -2.36. The van der Waals surface area contributed by atoms with Crippen molar-refractivity contribution in [3.05, 3.63) is 51.6 Å². The van der Waals surface area contributed by atoms with Crippen LogP contribution in [0, 0.1) is 5.41 Å². The Bertz CT molecular complexity index is 1230. The van der Waals surface area contributed by atoms with Gasteiger partial charge in [0.1, 0.15) is 0 Å². The highest BCUT2D eigenvalue weighted by atomic mass is 32.1. The van der Waals surface area contributed by atoms with Crippen LogP contribution in [0.3, 0.4) is 0 Å². The first-order valence-electron chi connectivity index (χ1n) is 11.1. The molecule has 2 aromatic heterocycles. The van der Waals surface area contributed by atoms with Crippen LogP contribution < -0.4 is 0 Å². The quantitative estimate of drug-likeness (QED) is 0.483. The second-order valence-electron chi connectivity index (χ2n) is 9.27. The van der Waals surface area contributed by atoms with E-state index in [0.717, 1.165) is 22.2 Å². The summed E-state index contributed by atoms with van der Waals surface area (Å²) in [5.41, 5.74) is 2.08. The van der Waals surface area contributed by atoms with Crippen molar-refractivity contribution in [2.45, 2.75) is 58.8 Å². The molecule has 1 aliphatic rings. The van der Waals surface area contributed by atoms with Crippen molar-refractivity contribution in [3.63, 3.8) is 0 Å². The molecule has 6 nitrogen and oxygen atoms in total. The summed E-state index contributed by atoms with van der Waals surface area (Å²) < 4.78 is 41.1. The van der Waals surface area contributed by atoms with Gasteiger partial charge in [-0.3, -0.25) is 9.59 Å².